The van der Waals surface area contributed by atoms with Crippen LogP contribution < -0.4 is 10.1 Å². The Bertz CT molecular complexity index is 464. The molecule has 1 aromatic carbocycles. The molecule has 0 aliphatic rings. The molecule has 0 fully saturated rings. The normalized spacial score (nSPS) is 13.7. The number of hydrogen-bond acceptors (Lipinski definition) is 4. The highest BCUT2D eigenvalue weighted by molar-refractivity contribution is 5.80. The fraction of sp³-hybridized carbons (Fsp3) is 0.533. The van der Waals surface area contributed by atoms with E-state index in [-0.39, 0.29) is 11.8 Å². The Labute approximate surface area is 119 Å². The topological polar surface area (TPSA) is 47.6 Å². The minimum atomic E-state index is -0.727. The summed E-state index contributed by atoms with van der Waals surface area (Å²) >= 11 is 0. The van der Waals surface area contributed by atoms with E-state index in [1.165, 1.54) is 19.2 Å². The quantitative estimate of drug-likeness (QED) is 0.617. The first-order valence-electron chi connectivity index (χ1n) is 6.59. The van der Waals surface area contributed by atoms with Crippen molar-refractivity contribution in [2.75, 3.05) is 20.8 Å². The number of esters is 1. The minimum absolute atomic E-state index is 0.304. The Hall–Kier alpha value is -1.62. The summed E-state index contributed by atoms with van der Waals surface area (Å²) in [6, 6.07) is 4.45. The molecule has 0 radical (unpaired) electrons. The van der Waals surface area contributed by atoms with Crippen LogP contribution in [0.3, 0.4) is 0 Å². The van der Waals surface area contributed by atoms with Gasteiger partial charge in [0, 0.05) is 6.07 Å². The molecule has 0 spiro atoms. The molecule has 0 heterocycles. The van der Waals surface area contributed by atoms with Gasteiger partial charge in [-0.15, -0.1) is 0 Å². The number of aryl methyl sites for hydroxylation is 1. The molecule has 4 nitrogen and oxygen atoms in total. The maximum Gasteiger partial charge on any atom is 0.325 e. The first kappa shape index (κ1) is 16.4. The van der Waals surface area contributed by atoms with Crippen molar-refractivity contribution in [3.63, 3.8) is 0 Å². The third kappa shape index (κ3) is 4.20. The lowest BCUT2D eigenvalue weighted by Crippen LogP contribution is -2.48. The van der Waals surface area contributed by atoms with Crippen LogP contribution in [0.2, 0.25) is 0 Å². The number of carbonyl (C=O) groups excluding carboxylic acids is 1. The molecule has 0 amide bonds. The fourth-order valence-corrected chi connectivity index (χ4v) is 1.89. The van der Waals surface area contributed by atoms with Crippen molar-refractivity contribution < 1.29 is 18.7 Å². The lowest BCUT2D eigenvalue weighted by atomic mass is 9.96. The number of methoxy groups -OCH3 is 1. The van der Waals surface area contributed by atoms with Crippen LogP contribution in [0, 0.1) is 12.7 Å². The Morgan fingerprint density at radius 1 is 1.45 bits per heavy atom. The molecule has 1 aromatic rings. The molecule has 1 atom stereocenters. The number of likely N-dealkylation sites (N-methyl/N-ethyl adjacent to an activating group) is 1. The van der Waals surface area contributed by atoms with Gasteiger partial charge in [-0.2, -0.15) is 0 Å². The van der Waals surface area contributed by atoms with Gasteiger partial charge in [-0.05, 0) is 45.4 Å². The van der Waals surface area contributed by atoms with Gasteiger partial charge in [0.05, 0.1) is 13.7 Å². The van der Waals surface area contributed by atoms with Crippen LogP contribution in [-0.4, -0.2) is 32.3 Å². The zero-order valence-corrected chi connectivity index (χ0v) is 12.5. The first-order chi connectivity index (χ1) is 9.42. The number of ether oxygens (including phenoxy) is 2. The predicted octanol–water partition coefficient (Wildman–Crippen LogP) is 2.44. The number of hydrogen-bond donors (Lipinski definition) is 1. The van der Waals surface area contributed by atoms with Crippen LogP contribution in [0.1, 0.15) is 25.3 Å². The van der Waals surface area contributed by atoms with Crippen molar-refractivity contribution in [1.82, 2.24) is 5.32 Å². The van der Waals surface area contributed by atoms with E-state index in [1.807, 2.05) is 6.92 Å². The lowest BCUT2D eigenvalue weighted by molar-refractivity contribution is -0.148. The second-order valence-corrected chi connectivity index (χ2v) is 4.94. The summed E-state index contributed by atoms with van der Waals surface area (Å²) in [6.07, 6.45) is 1.23. The second-order valence-electron chi connectivity index (χ2n) is 4.94. The smallest absolute Gasteiger partial charge is 0.325 e. The van der Waals surface area contributed by atoms with E-state index in [0.29, 0.717) is 25.2 Å². The highest BCUT2D eigenvalue weighted by Crippen LogP contribution is 2.20. The predicted molar refractivity (Wildman–Crippen MR) is 75.3 cm³/mol. The summed E-state index contributed by atoms with van der Waals surface area (Å²) in [6.45, 7) is 4.06. The van der Waals surface area contributed by atoms with E-state index < -0.39 is 5.54 Å². The number of halogens is 1. The average molecular weight is 283 g/mol. The van der Waals surface area contributed by atoms with Crippen molar-refractivity contribution in [3.8, 4) is 5.75 Å². The number of nitrogens with one attached hydrogen (secondary N) is 1. The van der Waals surface area contributed by atoms with E-state index in [9.17, 15) is 9.18 Å². The Morgan fingerprint density at radius 2 is 2.15 bits per heavy atom. The van der Waals surface area contributed by atoms with E-state index in [1.54, 1.807) is 20.0 Å². The van der Waals surface area contributed by atoms with Gasteiger partial charge in [0.2, 0.25) is 0 Å². The molecular formula is C15H22FNO3. The molecule has 1 unspecified atom stereocenters. The molecule has 0 bridgehead atoms. The average Bonchev–Trinajstić information content (AvgIpc) is 2.45. The Kier molecular flexibility index (Phi) is 5.95. The SMILES string of the molecule is CNC(C)(CCCOc1cc(F)ccc1C)C(=O)OC. The van der Waals surface area contributed by atoms with Crippen LogP contribution in [0.25, 0.3) is 0 Å². The van der Waals surface area contributed by atoms with Gasteiger partial charge in [0.15, 0.2) is 0 Å². The summed E-state index contributed by atoms with van der Waals surface area (Å²) in [5.74, 6) is -0.0867. The van der Waals surface area contributed by atoms with E-state index in [2.05, 4.69) is 5.32 Å². The Balaban J connectivity index is 2.48. The van der Waals surface area contributed by atoms with E-state index in [4.69, 9.17) is 9.47 Å². The van der Waals surface area contributed by atoms with Crippen LogP contribution in [0.4, 0.5) is 4.39 Å². The zero-order chi connectivity index (χ0) is 15.2. The first-order valence-corrected chi connectivity index (χ1v) is 6.59. The van der Waals surface area contributed by atoms with Gasteiger partial charge in [-0.3, -0.25) is 4.79 Å². The van der Waals surface area contributed by atoms with Crippen LogP contribution in [-0.2, 0) is 9.53 Å². The third-order valence-corrected chi connectivity index (χ3v) is 3.42. The van der Waals surface area contributed by atoms with E-state index in [0.717, 1.165) is 5.56 Å². The number of rotatable bonds is 7. The monoisotopic (exact) mass is 283 g/mol. The van der Waals surface area contributed by atoms with Gasteiger partial charge < -0.3 is 14.8 Å². The molecule has 0 aromatic heterocycles. The molecule has 0 saturated heterocycles. The molecule has 112 valence electrons. The summed E-state index contributed by atoms with van der Waals surface area (Å²) in [4.78, 5) is 11.7. The van der Waals surface area contributed by atoms with Crippen molar-refractivity contribution in [3.05, 3.63) is 29.6 Å². The molecular weight excluding hydrogens is 261 g/mol. The molecule has 1 rings (SSSR count). The van der Waals surface area contributed by atoms with Crippen LogP contribution in [0.5, 0.6) is 5.75 Å². The number of carbonyl (C=O) groups is 1. The van der Waals surface area contributed by atoms with Gasteiger partial charge in [-0.1, -0.05) is 6.07 Å². The summed E-state index contributed by atoms with van der Waals surface area (Å²) in [5.41, 5.74) is 0.158. The zero-order valence-electron chi connectivity index (χ0n) is 12.5. The summed E-state index contributed by atoms with van der Waals surface area (Å²) < 4.78 is 23.4. The molecule has 0 aliphatic carbocycles. The molecule has 5 heteroatoms. The largest absolute Gasteiger partial charge is 0.493 e. The lowest BCUT2D eigenvalue weighted by Gasteiger charge is -2.26. The van der Waals surface area contributed by atoms with Gasteiger partial charge in [0.25, 0.3) is 0 Å². The molecule has 1 N–H and O–H groups in total. The van der Waals surface area contributed by atoms with Crippen LogP contribution >= 0.6 is 0 Å². The highest BCUT2D eigenvalue weighted by Gasteiger charge is 2.31. The second kappa shape index (κ2) is 7.24. The van der Waals surface area contributed by atoms with Crippen molar-refractivity contribution in [2.24, 2.45) is 0 Å². The van der Waals surface area contributed by atoms with Crippen molar-refractivity contribution in [2.45, 2.75) is 32.2 Å². The minimum Gasteiger partial charge on any atom is -0.493 e. The summed E-state index contributed by atoms with van der Waals surface area (Å²) in [7, 11) is 3.08. The summed E-state index contributed by atoms with van der Waals surface area (Å²) in [5, 5.41) is 2.96. The molecule has 20 heavy (non-hydrogen) atoms. The Morgan fingerprint density at radius 3 is 2.75 bits per heavy atom. The van der Waals surface area contributed by atoms with Crippen LogP contribution in [0.15, 0.2) is 18.2 Å². The van der Waals surface area contributed by atoms with Gasteiger partial charge in [-0.25, -0.2) is 4.39 Å². The van der Waals surface area contributed by atoms with Gasteiger partial charge >= 0.3 is 5.97 Å². The fourth-order valence-electron chi connectivity index (χ4n) is 1.89. The standard InChI is InChI=1S/C15H22FNO3/c1-11-6-7-12(16)10-13(11)20-9-5-8-15(2,17-3)14(18)19-4/h6-7,10,17H,5,8-9H2,1-4H3. The van der Waals surface area contributed by atoms with Crippen molar-refractivity contribution >= 4 is 5.97 Å². The number of benzene rings is 1. The maximum atomic E-state index is 13.1. The van der Waals surface area contributed by atoms with E-state index >= 15 is 0 Å². The third-order valence-electron chi connectivity index (χ3n) is 3.42. The maximum absolute atomic E-state index is 13.1. The van der Waals surface area contributed by atoms with Gasteiger partial charge in [0.1, 0.15) is 17.1 Å². The molecule has 0 aliphatic heterocycles. The highest BCUT2D eigenvalue weighted by atomic mass is 19.1. The molecule has 0 saturated carbocycles. The van der Waals surface area contributed by atoms with Crippen molar-refractivity contribution in [1.29, 1.82) is 0 Å².